The maximum absolute atomic E-state index is 8.87. The molecule has 0 radical (unpaired) electrons. The topological polar surface area (TPSA) is 58.6 Å². The zero-order valence-electron chi connectivity index (χ0n) is 9.32. The Labute approximate surface area is 91.1 Å². The molecule has 0 aliphatic heterocycles. The molecule has 2 fully saturated rings. The van der Waals surface area contributed by atoms with Crippen molar-refractivity contribution in [3.05, 3.63) is 11.3 Å². The van der Waals surface area contributed by atoms with Crippen molar-refractivity contribution in [1.82, 2.24) is 0 Å². The van der Waals surface area contributed by atoms with Crippen LogP contribution in [0, 0.1) is 11.8 Å². The first-order valence-corrected chi connectivity index (χ1v) is 5.81. The molecule has 2 aliphatic carbocycles. The molecular formula is C12H20N2O. The lowest BCUT2D eigenvalue weighted by Crippen LogP contribution is -2.29. The molecule has 0 atom stereocenters. The Morgan fingerprint density at radius 3 is 2.67 bits per heavy atom. The summed E-state index contributed by atoms with van der Waals surface area (Å²) in [6.45, 7) is 2.35. The Balaban J connectivity index is 1.81. The van der Waals surface area contributed by atoms with E-state index in [4.69, 9.17) is 10.8 Å². The van der Waals surface area contributed by atoms with E-state index in [0.29, 0.717) is 24.5 Å². The van der Waals surface area contributed by atoms with Gasteiger partial charge in [-0.3, -0.25) is 4.99 Å². The van der Waals surface area contributed by atoms with E-state index >= 15 is 0 Å². The van der Waals surface area contributed by atoms with Crippen molar-refractivity contribution in [3.63, 3.8) is 0 Å². The Morgan fingerprint density at radius 2 is 2.13 bits per heavy atom. The Bertz CT molecular complexity index is 286. The van der Waals surface area contributed by atoms with Crippen molar-refractivity contribution >= 4 is 6.21 Å². The number of nitrogens with two attached hydrogens (primary N) is 1. The highest BCUT2D eigenvalue weighted by molar-refractivity contribution is 5.79. The molecule has 2 saturated carbocycles. The number of rotatable bonds is 4. The molecule has 3 heteroatoms. The maximum Gasteiger partial charge on any atom is 0.0506 e. The second kappa shape index (κ2) is 4.35. The predicted molar refractivity (Wildman–Crippen MR) is 61.7 cm³/mol. The summed E-state index contributed by atoms with van der Waals surface area (Å²) in [6, 6.07) is 0.420. The number of hydrogen-bond acceptors (Lipinski definition) is 3. The molecule has 0 unspecified atom stereocenters. The third kappa shape index (κ3) is 2.59. The van der Waals surface area contributed by atoms with E-state index in [2.05, 4.69) is 4.99 Å². The second-order valence-electron chi connectivity index (χ2n) is 4.86. The SMILES string of the molecule is CC(C=NC1CC(CO)C1)=C(N)C1CC1. The van der Waals surface area contributed by atoms with Crippen LogP contribution in [0.1, 0.15) is 32.6 Å². The van der Waals surface area contributed by atoms with Crippen LogP contribution in [0.15, 0.2) is 16.3 Å². The number of aliphatic hydroxyl groups is 1. The summed E-state index contributed by atoms with van der Waals surface area (Å²) in [5, 5.41) is 8.87. The quantitative estimate of drug-likeness (QED) is 0.687. The van der Waals surface area contributed by atoms with Gasteiger partial charge in [-0.25, -0.2) is 0 Å². The van der Waals surface area contributed by atoms with E-state index in [9.17, 15) is 0 Å². The molecule has 2 rings (SSSR count). The largest absolute Gasteiger partial charge is 0.402 e. The summed E-state index contributed by atoms with van der Waals surface area (Å²) in [5.41, 5.74) is 8.12. The molecule has 0 saturated heterocycles. The lowest BCUT2D eigenvalue weighted by Gasteiger charge is -2.30. The van der Waals surface area contributed by atoms with Gasteiger partial charge in [0.1, 0.15) is 0 Å². The van der Waals surface area contributed by atoms with Crippen molar-refractivity contribution in [2.24, 2.45) is 22.6 Å². The number of aliphatic hydroxyl groups excluding tert-OH is 1. The van der Waals surface area contributed by atoms with Crippen molar-refractivity contribution in [1.29, 1.82) is 0 Å². The molecule has 0 aromatic rings. The molecule has 2 aliphatic rings. The molecule has 15 heavy (non-hydrogen) atoms. The number of aliphatic imine (C=N–C) groups is 1. The van der Waals surface area contributed by atoms with Crippen LogP contribution >= 0.6 is 0 Å². The minimum absolute atomic E-state index is 0.311. The van der Waals surface area contributed by atoms with Crippen molar-refractivity contribution in [3.8, 4) is 0 Å². The first kappa shape index (κ1) is 10.7. The van der Waals surface area contributed by atoms with Crippen molar-refractivity contribution < 1.29 is 5.11 Å². The molecule has 0 heterocycles. The van der Waals surface area contributed by atoms with E-state index in [1.165, 1.54) is 12.8 Å². The van der Waals surface area contributed by atoms with Gasteiger partial charge in [-0.1, -0.05) is 0 Å². The fraction of sp³-hybridized carbons (Fsp3) is 0.750. The summed E-state index contributed by atoms with van der Waals surface area (Å²) in [4.78, 5) is 4.48. The highest BCUT2D eigenvalue weighted by atomic mass is 16.3. The van der Waals surface area contributed by atoms with Gasteiger partial charge in [0.2, 0.25) is 0 Å². The molecule has 3 N–H and O–H groups in total. The summed E-state index contributed by atoms with van der Waals surface area (Å²) in [5.74, 6) is 1.11. The third-order valence-electron chi connectivity index (χ3n) is 3.42. The van der Waals surface area contributed by atoms with Crippen LogP contribution in [-0.2, 0) is 0 Å². The lowest BCUT2D eigenvalue weighted by atomic mass is 9.81. The van der Waals surface area contributed by atoms with E-state index in [-0.39, 0.29) is 0 Å². The third-order valence-corrected chi connectivity index (χ3v) is 3.42. The summed E-state index contributed by atoms with van der Waals surface area (Å²) in [7, 11) is 0. The highest BCUT2D eigenvalue weighted by Crippen LogP contribution is 2.35. The smallest absolute Gasteiger partial charge is 0.0506 e. The zero-order chi connectivity index (χ0) is 10.8. The molecule has 0 bridgehead atoms. The summed E-state index contributed by atoms with van der Waals surface area (Å²) >= 11 is 0. The van der Waals surface area contributed by atoms with Crippen LogP contribution in [0.4, 0.5) is 0 Å². The van der Waals surface area contributed by atoms with Crippen LogP contribution in [-0.4, -0.2) is 24.0 Å². The van der Waals surface area contributed by atoms with E-state index in [1.54, 1.807) is 0 Å². The first-order chi connectivity index (χ1) is 7.20. The zero-order valence-corrected chi connectivity index (χ0v) is 9.32. The van der Waals surface area contributed by atoms with Gasteiger partial charge in [0.05, 0.1) is 6.04 Å². The number of allylic oxidation sites excluding steroid dienone is 2. The summed E-state index contributed by atoms with van der Waals surface area (Å²) in [6.07, 6.45) is 6.47. The Hall–Kier alpha value is -0.830. The monoisotopic (exact) mass is 208 g/mol. The number of nitrogens with zero attached hydrogens (tertiary/aromatic N) is 1. The molecular weight excluding hydrogens is 188 g/mol. The highest BCUT2D eigenvalue weighted by Gasteiger charge is 2.28. The fourth-order valence-corrected chi connectivity index (χ4v) is 1.98. The fourth-order valence-electron chi connectivity index (χ4n) is 1.98. The lowest BCUT2D eigenvalue weighted by molar-refractivity contribution is 0.145. The minimum Gasteiger partial charge on any atom is -0.402 e. The molecule has 84 valence electrons. The second-order valence-corrected chi connectivity index (χ2v) is 4.86. The standard InChI is InChI=1S/C12H20N2O/c1-8(12(13)10-2-3-10)6-14-11-4-9(5-11)7-15/h6,9-11,15H,2-5,7,13H2,1H3. The minimum atomic E-state index is 0.311. The molecule has 0 spiro atoms. The van der Waals surface area contributed by atoms with Gasteiger partial charge < -0.3 is 10.8 Å². The van der Waals surface area contributed by atoms with Crippen molar-refractivity contribution in [2.75, 3.05) is 6.61 Å². The normalized spacial score (nSPS) is 32.7. The van der Waals surface area contributed by atoms with Gasteiger partial charge >= 0.3 is 0 Å². The van der Waals surface area contributed by atoms with Crippen LogP contribution in [0.2, 0.25) is 0 Å². The van der Waals surface area contributed by atoms with Crippen LogP contribution < -0.4 is 5.73 Å². The molecule has 0 aromatic heterocycles. The van der Waals surface area contributed by atoms with Crippen LogP contribution in [0.5, 0.6) is 0 Å². The molecule has 3 nitrogen and oxygen atoms in total. The van der Waals surface area contributed by atoms with Gasteiger partial charge in [-0.15, -0.1) is 0 Å². The van der Waals surface area contributed by atoms with Gasteiger partial charge in [0, 0.05) is 18.5 Å². The van der Waals surface area contributed by atoms with E-state index in [1.807, 2.05) is 13.1 Å². The van der Waals surface area contributed by atoms with E-state index in [0.717, 1.165) is 24.1 Å². The molecule has 0 amide bonds. The van der Waals surface area contributed by atoms with Crippen molar-refractivity contribution in [2.45, 2.75) is 38.6 Å². The Morgan fingerprint density at radius 1 is 1.47 bits per heavy atom. The van der Waals surface area contributed by atoms with Gasteiger partial charge in [0.25, 0.3) is 0 Å². The van der Waals surface area contributed by atoms with Crippen LogP contribution in [0.25, 0.3) is 0 Å². The van der Waals surface area contributed by atoms with Gasteiger partial charge in [-0.05, 0) is 50.0 Å². The first-order valence-electron chi connectivity index (χ1n) is 5.81. The number of hydrogen-bond donors (Lipinski definition) is 2. The Kier molecular flexibility index (Phi) is 3.10. The average molecular weight is 208 g/mol. The van der Waals surface area contributed by atoms with Gasteiger partial charge in [0.15, 0.2) is 0 Å². The average Bonchev–Trinajstić information content (AvgIpc) is 2.97. The maximum atomic E-state index is 8.87. The van der Waals surface area contributed by atoms with Gasteiger partial charge in [-0.2, -0.15) is 0 Å². The van der Waals surface area contributed by atoms with Crippen LogP contribution in [0.3, 0.4) is 0 Å². The molecule has 0 aromatic carbocycles. The predicted octanol–water partition coefficient (Wildman–Crippen LogP) is 1.47. The summed E-state index contributed by atoms with van der Waals surface area (Å²) < 4.78 is 0. The van der Waals surface area contributed by atoms with E-state index < -0.39 is 0 Å².